The van der Waals surface area contributed by atoms with Crippen molar-refractivity contribution in [2.45, 2.75) is 38.4 Å². The second kappa shape index (κ2) is 6.80. The normalized spacial score (nSPS) is 11.4. The predicted octanol–water partition coefficient (Wildman–Crippen LogP) is 3.42. The van der Waals surface area contributed by atoms with E-state index in [0.29, 0.717) is 11.5 Å². The number of nitrogens with one attached hydrogen (secondary N) is 1. The number of thioether (sulfide) groups is 1. The van der Waals surface area contributed by atoms with Crippen molar-refractivity contribution in [3.05, 3.63) is 23.4 Å². The maximum absolute atomic E-state index is 11.0. The van der Waals surface area contributed by atoms with Crippen LogP contribution >= 0.6 is 11.8 Å². The van der Waals surface area contributed by atoms with E-state index in [4.69, 9.17) is 5.11 Å². The van der Waals surface area contributed by atoms with E-state index in [2.05, 4.69) is 30.4 Å². The first-order valence-electron chi connectivity index (χ1n) is 6.47. The lowest BCUT2D eigenvalue weighted by Gasteiger charge is -2.30. The third-order valence-corrected chi connectivity index (χ3v) is 5.10. The molecule has 1 aromatic rings. The van der Waals surface area contributed by atoms with Gasteiger partial charge in [0.25, 0.3) is 0 Å². The molecule has 1 rings (SSSR count). The Balaban J connectivity index is 2.85. The summed E-state index contributed by atoms with van der Waals surface area (Å²) >= 11 is 1.84. The van der Waals surface area contributed by atoms with Gasteiger partial charge in [-0.25, -0.2) is 9.78 Å². The molecule has 0 saturated heterocycles. The quantitative estimate of drug-likeness (QED) is 0.802. The highest BCUT2D eigenvalue weighted by Crippen LogP contribution is 2.30. The molecule has 4 nitrogen and oxygen atoms in total. The fourth-order valence-electron chi connectivity index (χ4n) is 2.00. The summed E-state index contributed by atoms with van der Waals surface area (Å²) in [5, 5.41) is 12.3. The number of carbonyl (C=O) groups is 1. The van der Waals surface area contributed by atoms with Crippen LogP contribution in [0.2, 0.25) is 0 Å². The van der Waals surface area contributed by atoms with Crippen LogP contribution in [0.4, 0.5) is 5.82 Å². The van der Waals surface area contributed by atoms with Crippen molar-refractivity contribution in [3.63, 3.8) is 0 Å². The lowest BCUT2D eigenvalue weighted by molar-refractivity contribution is 0.0696. The van der Waals surface area contributed by atoms with Gasteiger partial charge in [0.1, 0.15) is 5.82 Å². The topological polar surface area (TPSA) is 62.2 Å². The Morgan fingerprint density at radius 3 is 2.53 bits per heavy atom. The molecule has 0 aromatic carbocycles. The van der Waals surface area contributed by atoms with Crippen LogP contribution in [0.3, 0.4) is 0 Å². The number of rotatable bonds is 7. The van der Waals surface area contributed by atoms with Crippen molar-refractivity contribution in [1.82, 2.24) is 4.98 Å². The maximum atomic E-state index is 11.0. The summed E-state index contributed by atoms with van der Waals surface area (Å²) < 4.78 is 0.175. The number of aryl methyl sites for hydroxylation is 1. The molecule has 5 heteroatoms. The lowest BCUT2D eigenvalue weighted by Crippen LogP contribution is -2.32. The zero-order valence-corrected chi connectivity index (χ0v) is 12.8. The van der Waals surface area contributed by atoms with Gasteiger partial charge < -0.3 is 10.4 Å². The largest absolute Gasteiger partial charge is 0.478 e. The van der Waals surface area contributed by atoms with Crippen molar-refractivity contribution in [1.29, 1.82) is 0 Å². The minimum atomic E-state index is -0.921. The van der Waals surface area contributed by atoms with Gasteiger partial charge >= 0.3 is 5.97 Å². The van der Waals surface area contributed by atoms with E-state index >= 15 is 0 Å². The molecule has 0 fully saturated rings. The van der Waals surface area contributed by atoms with Gasteiger partial charge in [0.05, 0.1) is 5.56 Å². The molecule has 0 amide bonds. The van der Waals surface area contributed by atoms with E-state index in [1.807, 2.05) is 11.8 Å². The summed E-state index contributed by atoms with van der Waals surface area (Å²) in [6, 6.07) is 3.17. The highest BCUT2D eigenvalue weighted by atomic mass is 32.2. The SMILES string of the molecule is CCC(CC)(CNc1cc(C(=O)O)cc(C)n1)SC. The van der Waals surface area contributed by atoms with Crippen molar-refractivity contribution in [2.75, 3.05) is 18.1 Å². The number of carboxylic acids is 1. The van der Waals surface area contributed by atoms with Crippen LogP contribution in [0.5, 0.6) is 0 Å². The highest BCUT2D eigenvalue weighted by Gasteiger charge is 2.24. The minimum Gasteiger partial charge on any atom is -0.478 e. The number of hydrogen-bond donors (Lipinski definition) is 2. The number of hydrogen-bond acceptors (Lipinski definition) is 4. The molecule has 1 heterocycles. The number of carboxylic acid groups (broad SMARTS) is 1. The predicted molar refractivity (Wildman–Crippen MR) is 81.3 cm³/mol. The van der Waals surface area contributed by atoms with Crippen molar-refractivity contribution in [3.8, 4) is 0 Å². The van der Waals surface area contributed by atoms with Gasteiger partial charge in [-0.2, -0.15) is 11.8 Å². The van der Waals surface area contributed by atoms with Gasteiger partial charge in [0, 0.05) is 17.0 Å². The molecule has 19 heavy (non-hydrogen) atoms. The molecule has 0 aliphatic rings. The Morgan fingerprint density at radius 1 is 1.42 bits per heavy atom. The molecule has 0 saturated carbocycles. The summed E-state index contributed by atoms with van der Waals surface area (Å²) in [6.45, 7) is 6.94. The van der Waals surface area contributed by atoms with Gasteiger partial charge in [-0.15, -0.1) is 0 Å². The van der Waals surface area contributed by atoms with Crippen LogP contribution in [0.15, 0.2) is 12.1 Å². The average molecular weight is 282 g/mol. The first-order chi connectivity index (χ1) is 8.96. The van der Waals surface area contributed by atoms with E-state index in [1.165, 1.54) is 0 Å². The Labute approximate surface area is 119 Å². The van der Waals surface area contributed by atoms with Gasteiger partial charge in [-0.3, -0.25) is 0 Å². The van der Waals surface area contributed by atoms with Crippen LogP contribution < -0.4 is 5.32 Å². The van der Waals surface area contributed by atoms with Crippen LogP contribution in [0.25, 0.3) is 0 Å². The molecule has 0 aliphatic heterocycles. The van der Waals surface area contributed by atoms with Crippen LogP contribution in [0.1, 0.15) is 42.7 Å². The van der Waals surface area contributed by atoms with E-state index in [9.17, 15) is 4.79 Å². The maximum Gasteiger partial charge on any atom is 0.335 e. The Hall–Kier alpha value is -1.23. The summed E-state index contributed by atoms with van der Waals surface area (Å²) in [4.78, 5) is 15.4. The molecular weight excluding hydrogens is 260 g/mol. The summed E-state index contributed by atoms with van der Waals surface area (Å²) in [5.74, 6) is -0.284. The van der Waals surface area contributed by atoms with E-state index in [1.54, 1.807) is 19.1 Å². The van der Waals surface area contributed by atoms with E-state index in [0.717, 1.165) is 19.4 Å². The second-order valence-electron chi connectivity index (χ2n) is 4.64. The lowest BCUT2D eigenvalue weighted by atomic mass is 10.0. The van der Waals surface area contributed by atoms with Crippen LogP contribution in [-0.2, 0) is 0 Å². The average Bonchev–Trinajstić information content (AvgIpc) is 2.40. The zero-order valence-electron chi connectivity index (χ0n) is 12.0. The highest BCUT2D eigenvalue weighted by molar-refractivity contribution is 8.00. The van der Waals surface area contributed by atoms with E-state index in [-0.39, 0.29) is 10.3 Å². The number of aromatic nitrogens is 1. The monoisotopic (exact) mass is 282 g/mol. The van der Waals surface area contributed by atoms with Crippen molar-refractivity contribution >= 4 is 23.5 Å². The van der Waals surface area contributed by atoms with Gasteiger partial charge in [-0.05, 0) is 38.2 Å². The molecule has 0 radical (unpaired) electrons. The molecule has 0 bridgehead atoms. The molecule has 0 atom stereocenters. The summed E-state index contributed by atoms with van der Waals surface area (Å²) in [7, 11) is 0. The molecular formula is C14H22N2O2S. The second-order valence-corrected chi connectivity index (χ2v) is 5.91. The Kier molecular flexibility index (Phi) is 5.66. The van der Waals surface area contributed by atoms with Crippen molar-refractivity contribution < 1.29 is 9.90 Å². The van der Waals surface area contributed by atoms with E-state index < -0.39 is 5.97 Å². The number of anilines is 1. The molecule has 1 aromatic heterocycles. The number of pyridine rings is 1. The number of nitrogens with zero attached hydrogens (tertiary/aromatic N) is 1. The zero-order chi connectivity index (χ0) is 14.5. The first kappa shape index (κ1) is 15.8. The fraction of sp³-hybridized carbons (Fsp3) is 0.571. The molecule has 0 unspecified atom stereocenters. The third kappa shape index (κ3) is 4.13. The molecule has 0 aliphatic carbocycles. The van der Waals surface area contributed by atoms with Crippen molar-refractivity contribution in [2.24, 2.45) is 0 Å². The molecule has 0 spiro atoms. The van der Waals surface area contributed by atoms with Gasteiger partial charge in [0.15, 0.2) is 0 Å². The standard InChI is InChI=1S/C14H22N2O2S/c1-5-14(6-2,19-4)9-15-12-8-11(13(17)18)7-10(3)16-12/h7-8H,5-6,9H2,1-4H3,(H,15,16)(H,17,18). The molecule has 2 N–H and O–H groups in total. The van der Waals surface area contributed by atoms with Crippen LogP contribution in [-0.4, -0.2) is 33.6 Å². The number of aromatic carboxylic acids is 1. The fourth-order valence-corrected chi connectivity index (χ4v) is 2.79. The van der Waals surface area contributed by atoms with Crippen LogP contribution in [0, 0.1) is 6.92 Å². The third-order valence-electron chi connectivity index (χ3n) is 3.51. The summed E-state index contributed by atoms with van der Waals surface area (Å²) in [5.41, 5.74) is 0.989. The first-order valence-corrected chi connectivity index (χ1v) is 7.70. The Morgan fingerprint density at radius 2 is 2.05 bits per heavy atom. The summed E-state index contributed by atoms with van der Waals surface area (Å²) in [6.07, 6.45) is 4.24. The van der Waals surface area contributed by atoms with Gasteiger partial charge in [-0.1, -0.05) is 13.8 Å². The van der Waals surface area contributed by atoms with Gasteiger partial charge in [0.2, 0.25) is 0 Å². The minimum absolute atomic E-state index is 0.175. The Bertz CT molecular complexity index is 437. The molecule has 106 valence electrons. The smallest absolute Gasteiger partial charge is 0.335 e.